The van der Waals surface area contributed by atoms with E-state index in [1.54, 1.807) is 6.20 Å². The number of aromatic nitrogens is 4. The third-order valence-corrected chi connectivity index (χ3v) is 4.25. The Bertz CT molecular complexity index is 1020. The molecule has 27 heavy (non-hydrogen) atoms. The number of nitrogens with zero attached hydrogens (tertiary/aromatic N) is 4. The fraction of sp³-hybridized carbons (Fsp3) is 0.0476. The van der Waals surface area contributed by atoms with Crippen molar-refractivity contribution in [3.05, 3.63) is 89.6 Å². The molecule has 1 N–H and O–H groups in total. The van der Waals surface area contributed by atoms with Crippen LogP contribution < -0.4 is 5.32 Å². The van der Waals surface area contributed by atoms with E-state index in [1.807, 2.05) is 60.7 Å². The predicted molar refractivity (Wildman–Crippen MR) is 107 cm³/mol. The largest absolute Gasteiger partial charge is 0.364 e. The minimum Gasteiger partial charge on any atom is -0.364 e. The van der Waals surface area contributed by atoms with Gasteiger partial charge in [0.25, 0.3) is 0 Å². The van der Waals surface area contributed by atoms with Crippen LogP contribution in [0.5, 0.6) is 0 Å². The number of halogens is 1. The summed E-state index contributed by atoms with van der Waals surface area (Å²) in [6.07, 6.45) is 1.71. The number of anilines is 1. The molecule has 0 aliphatic carbocycles. The van der Waals surface area contributed by atoms with Crippen molar-refractivity contribution in [1.29, 1.82) is 0 Å². The number of benzene rings is 2. The van der Waals surface area contributed by atoms with Crippen LogP contribution in [0.25, 0.3) is 22.8 Å². The third kappa shape index (κ3) is 4.10. The summed E-state index contributed by atoms with van der Waals surface area (Å²) in [6, 6.07) is 23.2. The zero-order valence-corrected chi connectivity index (χ0v) is 15.1. The highest BCUT2D eigenvalue weighted by molar-refractivity contribution is 6.30. The minimum atomic E-state index is 0.476. The Kier molecular flexibility index (Phi) is 5.03. The Labute approximate surface area is 162 Å². The van der Waals surface area contributed by atoms with Crippen molar-refractivity contribution >= 4 is 17.4 Å². The second-order valence-electron chi connectivity index (χ2n) is 5.89. The molecular weight excluding hydrogens is 358 g/mol. The van der Waals surface area contributed by atoms with E-state index >= 15 is 0 Å². The maximum absolute atomic E-state index is 6.01. The molecule has 0 atom stereocenters. The number of rotatable bonds is 5. The molecule has 0 amide bonds. The molecule has 2 aromatic heterocycles. The van der Waals surface area contributed by atoms with Crippen molar-refractivity contribution in [3.8, 4) is 22.8 Å². The molecule has 0 saturated carbocycles. The molecule has 4 aromatic rings. The monoisotopic (exact) mass is 373 g/mol. The lowest BCUT2D eigenvalue weighted by Crippen LogP contribution is -2.07. The summed E-state index contributed by atoms with van der Waals surface area (Å²) in [4.78, 5) is 8.99. The van der Waals surface area contributed by atoms with Crippen molar-refractivity contribution < 1.29 is 0 Å². The van der Waals surface area contributed by atoms with Gasteiger partial charge in [-0.15, -0.1) is 10.2 Å². The summed E-state index contributed by atoms with van der Waals surface area (Å²) >= 11 is 6.01. The topological polar surface area (TPSA) is 63.6 Å². The lowest BCUT2D eigenvalue weighted by molar-refractivity contribution is 0.965. The van der Waals surface area contributed by atoms with Crippen LogP contribution in [0.3, 0.4) is 0 Å². The van der Waals surface area contributed by atoms with E-state index in [0.29, 0.717) is 34.6 Å². The van der Waals surface area contributed by atoms with Gasteiger partial charge in [0.05, 0.1) is 0 Å². The van der Waals surface area contributed by atoms with Crippen LogP contribution in [0.15, 0.2) is 79.0 Å². The van der Waals surface area contributed by atoms with Gasteiger partial charge in [0.2, 0.25) is 5.82 Å². The minimum absolute atomic E-state index is 0.476. The molecule has 0 fully saturated rings. The van der Waals surface area contributed by atoms with Crippen LogP contribution in [-0.2, 0) is 6.54 Å². The van der Waals surface area contributed by atoms with Gasteiger partial charge in [0, 0.05) is 23.3 Å². The summed E-state index contributed by atoms with van der Waals surface area (Å²) < 4.78 is 0. The van der Waals surface area contributed by atoms with Crippen LogP contribution >= 0.6 is 11.6 Å². The first-order chi connectivity index (χ1) is 13.3. The van der Waals surface area contributed by atoms with E-state index in [2.05, 4.69) is 37.6 Å². The van der Waals surface area contributed by atoms with E-state index in [9.17, 15) is 0 Å². The quantitative estimate of drug-likeness (QED) is 0.541. The average molecular weight is 374 g/mol. The van der Waals surface area contributed by atoms with E-state index < -0.39 is 0 Å². The van der Waals surface area contributed by atoms with Gasteiger partial charge in [-0.3, -0.25) is 4.98 Å². The van der Waals surface area contributed by atoms with Crippen LogP contribution in [0, 0.1) is 0 Å². The van der Waals surface area contributed by atoms with Gasteiger partial charge >= 0.3 is 0 Å². The number of hydrogen-bond acceptors (Lipinski definition) is 5. The number of pyridine rings is 1. The molecule has 2 heterocycles. The molecule has 0 radical (unpaired) electrons. The van der Waals surface area contributed by atoms with E-state index in [-0.39, 0.29) is 0 Å². The highest BCUT2D eigenvalue weighted by Gasteiger charge is 2.13. The van der Waals surface area contributed by atoms with Crippen LogP contribution in [-0.4, -0.2) is 20.2 Å². The third-order valence-electron chi connectivity index (χ3n) is 4.00. The maximum Gasteiger partial charge on any atom is 0.202 e. The molecule has 0 saturated heterocycles. The zero-order valence-electron chi connectivity index (χ0n) is 14.4. The maximum atomic E-state index is 6.01. The fourth-order valence-electron chi connectivity index (χ4n) is 2.64. The number of nitrogens with one attached hydrogen (secondary N) is 1. The van der Waals surface area contributed by atoms with E-state index in [4.69, 9.17) is 11.6 Å². The van der Waals surface area contributed by atoms with Crippen LogP contribution in [0.1, 0.15) is 5.56 Å². The van der Waals surface area contributed by atoms with Gasteiger partial charge < -0.3 is 5.32 Å². The Morgan fingerprint density at radius 1 is 0.815 bits per heavy atom. The standard InChI is InChI=1S/C21H16ClN5/c22-17-11-9-16(10-12-17)19-21(24-14-15-6-2-1-3-7-15)25-20(27-26-19)18-8-4-5-13-23-18/h1-13H,14H2,(H,24,25,27). The molecule has 0 bridgehead atoms. The normalized spacial score (nSPS) is 10.6. The molecule has 2 aromatic carbocycles. The van der Waals surface area contributed by atoms with Gasteiger partial charge in [-0.25, -0.2) is 4.98 Å². The van der Waals surface area contributed by atoms with Crippen molar-refractivity contribution in [2.45, 2.75) is 6.54 Å². The molecule has 0 spiro atoms. The summed E-state index contributed by atoms with van der Waals surface area (Å²) in [6.45, 7) is 0.627. The Morgan fingerprint density at radius 3 is 2.33 bits per heavy atom. The fourth-order valence-corrected chi connectivity index (χ4v) is 2.76. The van der Waals surface area contributed by atoms with Crippen molar-refractivity contribution in [1.82, 2.24) is 20.2 Å². The first kappa shape index (κ1) is 17.1. The second-order valence-corrected chi connectivity index (χ2v) is 6.33. The summed E-state index contributed by atoms with van der Waals surface area (Å²) in [5.74, 6) is 1.13. The number of hydrogen-bond donors (Lipinski definition) is 1. The first-order valence-electron chi connectivity index (χ1n) is 8.49. The highest BCUT2D eigenvalue weighted by atomic mass is 35.5. The van der Waals surface area contributed by atoms with Crippen LogP contribution in [0.4, 0.5) is 5.82 Å². The first-order valence-corrected chi connectivity index (χ1v) is 8.87. The SMILES string of the molecule is Clc1ccc(-c2nnc(-c3ccccn3)nc2NCc2ccccc2)cc1. The van der Waals surface area contributed by atoms with Gasteiger partial charge in [-0.05, 0) is 29.8 Å². The Morgan fingerprint density at radius 2 is 1.59 bits per heavy atom. The van der Waals surface area contributed by atoms with Crippen molar-refractivity contribution in [2.75, 3.05) is 5.32 Å². The molecule has 6 heteroatoms. The van der Waals surface area contributed by atoms with Gasteiger partial charge in [0.15, 0.2) is 5.82 Å². The lowest BCUT2D eigenvalue weighted by atomic mass is 10.1. The lowest BCUT2D eigenvalue weighted by Gasteiger charge is -2.11. The van der Waals surface area contributed by atoms with Crippen molar-refractivity contribution in [3.63, 3.8) is 0 Å². The zero-order chi connectivity index (χ0) is 18.5. The smallest absolute Gasteiger partial charge is 0.202 e. The summed E-state index contributed by atoms with van der Waals surface area (Å²) in [5.41, 5.74) is 3.39. The van der Waals surface area contributed by atoms with E-state index in [1.165, 1.54) is 0 Å². The molecule has 0 unspecified atom stereocenters. The average Bonchev–Trinajstić information content (AvgIpc) is 2.74. The summed E-state index contributed by atoms with van der Waals surface area (Å²) in [5, 5.41) is 12.7. The van der Waals surface area contributed by atoms with E-state index in [0.717, 1.165) is 11.1 Å². The molecular formula is C21H16ClN5. The molecule has 0 aliphatic heterocycles. The Balaban J connectivity index is 1.72. The summed E-state index contributed by atoms with van der Waals surface area (Å²) in [7, 11) is 0. The van der Waals surface area contributed by atoms with Gasteiger partial charge in [-0.2, -0.15) is 0 Å². The van der Waals surface area contributed by atoms with Crippen molar-refractivity contribution in [2.24, 2.45) is 0 Å². The Hall–Kier alpha value is -3.31. The van der Waals surface area contributed by atoms with Crippen LogP contribution in [0.2, 0.25) is 5.02 Å². The molecule has 4 rings (SSSR count). The predicted octanol–water partition coefficient (Wildman–Crippen LogP) is 4.87. The van der Waals surface area contributed by atoms with Gasteiger partial charge in [-0.1, -0.05) is 60.1 Å². The molecule has 0 aliphatic rings. The second kappa shape index (κ2) is 7.93. The molecule has 132 valence electrons. The van der Waals surface area contributed by atoms with Gasteiger partial charge in [0.1, 0.15) is 11.4 Å². The highest BCUT2D eigenvalue weighted by Crippen LogP contribution is 2.27. The molecule has 5 nitrogen and oxygen atoms in total.